The second kappa shape index (κ2) is 5.63. The Morgan fingerprint density at radius 3 is 2.83 bits per heavy atom. The van der Waals surface area contributed by atoms with Crippen LogP contribution in [0.3, 0.4) is 0 Å². The zero-order chi connectivity index (χ0) is 16.0. The van der Waals surface area contributed by atoms with Crippen LogP contribution in [0, 0.1) is 24.7 Å². The monoisotopic (exact) mass is 308 g/mol. The number of benzene rings is 1. The molecular formula is C20H24N2O. The van der Waals surface area contributed by atoms with Crippen molar-refractivity contribution in [3.63, 3.8) is 0 Å². The lowest BCUT2D eigenvalue weighted by molar-refractivity contribution is 0.0917. The van der Waals surface area contributed by atoms with Crippen LogP contribution in [0.4, 0.5) is 0 Å². The highest BCUT2D eigenvalue weighted by atomic mass is 16.1. The Morgan fingerprint density at radius 2 is 2.09 bits per heavy atom. The summed E-state index contributed by atoms with van der Waals surface area (Å²) in [7, 11) is 0. The van der Waals surface area contributed by atoms with E-state index in [1.165, 1.54) is 25.7 Å². The molecule has 1 N–H and O–H groups in total. The minimum Gasteiger partial charge on any atom is -0.349 e. The fraction of sp³-hybridized carbons (Fsp3) is 0.500. The predicted molar refractivity (Wildman–Crippen MR) is 92.3 cm³/mol. The van der Waals surface area contributed by atoms with Gasteiger partial charge < -0.3 is 5.32 Å². The van der Waals surface area contributed by atoms with Gasteiger partial charge in [0.05, 0.1) is 11.1 Å². The Hall–Kier alpha value is -1.90. The van der Waals surface area contributed by atoms with Gasteiger partial charge in [-0.25, -0.2) is 0 Å². The molecule has 1 aromatic carbocycles. The average Bonchev–Trinajstić information content (AvgIpc) is 3.17. The molecular weight excluding hydrogens is 284 g/mol. The van der Waals surface area contributed by atoms with E-state index in [1.54, 1.807) is 0 Å². The lowest BCUT2D eigenvalue weighted by Crippen LogP contribution is -2.40. The molecule has 2 fully saturated rings. The molecule has 4 unspecified atom stereocenters. The number of carbonyl (C=O) groups excluding carboxylic acids is 1. The number of carbonyl (C=O) groups is 1. The molecule has 120 valence electrons. The Balaban J connectivity index is 1.57. The van der Waals surface area contributed by atoms with Gasteiger partial charge in [-0.1, -0.05) is 24.6 Å². The largest absolute Gasteiger partial charge is 0.349 e. The molecule has 0 spiro atoms. The van der Waals surface area contributed by atoms with Crippen LogP contribution in [0.15, 0.2) is 30.3 Å². The third-order valence-electron chi connectivity index (χ3n) is 5.88. The van der Waals surface area contributed by atoms with Crippen molar-refractivity contribution in [1.82, 2.24) is 10.3 Å². The van der Waals surface area contributed by atoms with Gasteiger partial charge in [-0.2, -0.15) is 0 Å². The summed E-state index contributed by atoms with van der Waals surface area (Å²) >= 11 is 0. The van der Waals surface area contributed by atoms with Gasteiger partial charge in [0.1, 0.15) is 0 Å². The second-order valence-electron chi connectivity index (χ2n) is 7.43. The Labute approximate surface area is 137 Å². The fourth-order valence-electron chi connectivity index (χ4n) is 4.79. The summed E-state index contributed by atoms with van der Waals surface area (Å²) in [6.07, 6.45) is 5.42. The maximum Gasteiger partial charge on any atom is 0.252 e. The van der Waals surface area contributed by atoms with Gasteiger partial charge in [-0.15, -0.1) is 0 Å². The van der Waals surface area contributed by atoms with E-state index >= 15 is 0 Å². The summed E-state index contributed by atoms with van der Waals surface area (Å²) in [5.41, 5.74) is 2.54. The van der Waals surface area contributed by atoms with Crippen molar-refractivity contribution in [2.45, 2.75) is 45.6 Å². The normalized spacial score (nSPS) is 27.3. The number of hydrogen-bond acceptors (Lipinski definition) is 2. The van der Waals surface area contributed by atoms with Crippen LogP contribution in [0.5, 0.6) is 0 Å². The standard InChI is InChI=1S/C20H24N2O/c1-12-9-18(16-5-3-4-6-19(16)21-12)20(23)22-13(2)17-11-14-7-8-15(17)10-14/h3-6,9,13-15,17H,7-8,10-11H2,1-2H3,(H,22,23). The summed E-state index contributed by atoms with van der Waals surface area (Å²) in [6.45, 7) is 4.13. The topological polar surface area (TPSA) is 42.0 Å². The van der Waals surface area contributed by atoms with Crippen molar-refractivity contribution >= 4 is 16.8 Å². The number of rotatable bonds is 3. The minimum atomic E-state index is 0.0435. The first kappa shape index (κ1) is 14.7. The first-order chi connectivity index (χ1) is 11.1. The van der Waals surface area contributed by atoms with Crippen LogP contribution < -0.4 is 5.32 Å². The Morgan fingerprint density at radius 1 is 1.26 bits per heavy atom. The molecule has 0 aliphatic heterocycles. The summed E-state index contributed by atoms with van der Waals surface area (Å²) in [5, 5.41) is 4.22. The molecule has 0 radical (unpaired) electrons. The predicted octanol–water partition coefficient (Wildman–Crippen LogP) is 4.10. The van der Waals surface area contributed by atoms with Crippen molar-refractivity contribution in [2.24, 2.45) is 17.8 Å². The number of aromatic nitrogens is 1. The second-order valence-corrected chi connectivity index (χ2v) is 7.43. The van der Waals surface area contributed by atoms with Gasteiger partial charge >= 0.3 is 0 Å². The molecule has 1 amide bonds. The SMILES string of the molecule is Cc1cc(C(=O)NC(C)C2CC3CCC2C3)c2ccccc2n1. The van der Waals surface area contributed by atoms with E-state index in [2.05, 4.69) is 17.2 Å². The van der Waals surface area contributed by atoms with E-state index in [4.69, 9.17) is 0 Å². The molecule has 2 saturated carbocycles. The molecule has 2 bridgehead atoms. The smallest absolute Gasteiger partial charge is 0.252 e. The minimum absolute atomic E-state index is 0.0435. The number of amides is 1. The molecule has 0 saturated heterocycles. The number of fused-ring (bicyclic) bond motifs is 3. The highest BCUT2D eigenvalue weighted by molar-refractivity contribution is 6.06. The lowest BCUT2D eigenvalue weighted by Gasteiger charge is -2.28. The van der Waals surface area contributed by atoms with E-state index in [0.29, 0.717) is 5.92 Å². The van der Waals surface area contributed by atoms with Crippen molar-refractivity contribution in [3.05, 3.63) is 41.6 Å². The maximum absolute atomic E-state index is 12.8. The van der Waals surface area contributed by atoms with Crippen molar-refractivity contribution in [3.8, 4) is 0 Å². The van der Waals surface area contributed by atoms with Gasteiger partial charge in [0.25, 0.3) is 5.91 Å². The quantitative estimate of drug-likeness (QED) is 0.927. The van der Waals surface area contributed by atoms with Gasteiger partial charge in [0, 0.05) is 17.1 Å². The van der Waals surface area contributed by atoms with E-state index in [-0.39, 0.29) is 11.9 Å². The summed E-state index contributed by atoms with van der Waals surface area (Å²) in [5.74, 6) is 2.44. The lowest BCUT2D eigenvalue weighted by atomic mass is 9.84. The van der Waals surface area contributed by atoms with E-state index in [9.17, 15) is 4.79 Å². The molecule has 4 rings (SSSR count). The summed E-state index contributed by atoms with van der Waals surface area (Å²) < 4.78 is 0. The number of pyridine rings is 1. The van der Waals surface area contributed by atoms with Crippen LogP contribution >= 0.6 is 0 Å². The Kier molecular flexibility index (Phi) is 3.59. The van der Waals surface area contributed by atoms with Crippen molar-refractivity contribution in [2.75, 3.05) is 0 Å². The summed E-state index contributed by atoms with van der Waals surface area (Å²) in [4.78, 5) is 17.4. The third kappa shape index (κ3) is 2.62. The van der Waals surface area contributed by atoms with Crippen LogP contribution in [0.1, 0.15) is 48.7 Å². The fourth-order valence-corrected chi connectivity index (χ4v) is 4.79. The van der Waals surface area contributed by atoms with Gasteiger partial charge in [-0.05, 0) is 63.0 Å². The number of para-hydroxylation sites is 1. The van der Waals surface area contributed by atoms with Gasteiger partial charge in [0.2, 0.25) is 0 Å². The first-order valence-corrected chi connectivity index (χ1v) is 8.79. The van der Waals surface area contributed by atoms with E-state index in [0.717, 1.165) is 34.0 Å². The molecule has 4 atom stereocenters. The average molecular weight is 308 g/mol. The number of hydrogen-bond donors (Lipinski definition) is 1. The van der Waals surface area contributed by atoms with Crippen molar-refractivity contribution < 1.29 is 4.79 Å². The molecule has 2 aliphatic carbocycles. The number of aryl methyl sites for hydroxylation is 1. The highest BCUT2D eigenvalue weighted by Gasteiger charge is 2.42. The number of nitrogens with zero attached hydrogens (tertiary/aromatic N) is 1. The third-order valence-corrected chi connectivity index (χ3v) is 5.88. The molecule has 1 aromatic heterocycles. The maximum atomic E-state index is 12.8. The van der Waals surface area contributed by atoms with Crippen LogP contribution in [0.25, 0.3) is 10.9 Å². The highest BCUT2D eigenvalue weighted by Crippen LogP contribution is 2.49. The van der Waals surface area contributed by atoms with Crippen LogP contribution in [0.2, 0.25) is 0 Å². The first-order valence-electron chi connectivity index (χ1n) is 8.79. The van der Waals surface area contributed by atoms with Gasteiger partial charge in [-0.3, -0.25) is 9.78 Å². The van der Waals surface area contributed by atoms with Crippen LogP contribution in [-0.4, -0.2) is 16.9 Å². The molecule has 2 aliphatic rings. The molecule has 2 aromatic rings. The zero-order valence-electron chi connectivity index (χ0n) is 13.9. The van der Waals surface area contributed by atoms with Crippen LogP contribution in [-0.2, 0) is 0 Å². The number of nitrogens with one attached hydrogen (secondary N) is 1. The zero-order valence-corrected chi connectivity index (χ0v) is 13.9. The molecule has 1 heterocycles. The van der Waals surface area contributed by atoms with E-state index in [1.807, 2.05) is 37.3 Å². The Bertz CT molecular complexity index is 754. The molecule has 3 heteroatoms. The van der Waals surface area contributed by atoms with Gasteiger partial charge in [0.15, 0.2) is 0 Å². The van der Waals surface area contributed by atoms with Crippen molar-refractivity contribution in [1.29, 1.82) is 0 Å². The summed E-state index contributed by atoms with van der Waals surface area (Å²) in [6, 6.07) is 10.1. The molecule has 23 heavy (non-hydrogen) atoms. The molecule has 3 nitrogen and oxygen atoms in total. The van der Waals surface area contributed by atoms with E-state index < -0.39 is 0 Å².